The maximum Gasteiger partial charge on any atom is 0.387 e. The Bertz CT molecular complexity index is 1310. The molecule has 2 aromatic rings. The van der Waals surface area contributed by atoms with Crippen molar-refractivity contribution in [3.63, 3.8) is 0 Å². The number of aromatic nitrogens is 2. The van der Waals surface area contributed by atoms with Crippen molar-refractivity contribution in [1.82, 2.24) is 9.97 Å². The van der Waals surface area contributed by atoms with Gasteiger partial charge in [-0.2, -0.15) is 8.78 Å². The van der Waals surface area contributed by atoms with E-state index in [1.807, 2.05) is 0 Å². The number of rotatable bonds is 6. The quantitative estimate of drug-likeness (QED) is 0.594. The van der Waals surface area contributed by atoms with Crippen LogP contribution in [0.5, 0.6) is 5.75 Å². The summed E-state index contributed by atoms with van der Waals surface area (Å²) in [5.74, 6) is -1.17. The molecule has 2 N–H and O–H groups in total. The van der Waals surface area contributed by atoms with Crippen LogP contribution < -0.4 is 10.5 Å². The number of nitrogens with two attached hydrogens (primary N) is 1. The van der Waals surface area contributed by atoms with Gasteiger partial charge < -0.3 is 10.5 Å². The lowest BCUT2D eigenvalue weighted by atomic mass is 9.88. The van der Waals surface area contributed by atoms with E-state index in [9.17, 15) is 17.8 Å². The zero-order chi connectivity index (χ0) is 25.6. The molecule has 0 saturated carbocycles. The molecular weight excluding hydrogens is 483 g/mol. The van der Waals surface area contributed by atoms with E-state index in [4.69, 9.17) is 5.73 Å². The predicted molar refractivity (Wildman–Crippen MR) is 125 cm³/mol. The zero-order valence-corrected chi connectivity index (χ0v) is 20.3. The van der Waals surface area contributed by atoms with Crippen LogP contribution in [0.2, 0.25) is 0 Å². The van der Waals surface area contributed by atoms with Crippen molar-refractivity contribution in [3.8, 4) is 5.75 Å². The number of Topliss-reactive ketones (excluding diaryl/α,β-unsaturated/α-hetero) is 1. The third-order valence-electron chi connectivity index (χ3n) is 6.59. The van der Waals surface area contributed by atoms with Crippen LogP contribution in [0.15, 0.2) is 39.8 Å². The van der Waals surface area contributed by atoms with Crippen molar-refractivity contribution < 1.29 is 26.9 Å². The van der Waals surface area contributed by atoms with Gasteiger partial charge in [0.1, 0.15) is 39.1 Å². The summed E-state index contributed by atoms with van der Waals surface area (Å²) < 4.78 is 61.6. The predicted octanol–water partition coefficient (Wildman–Crippen LogP) is 3.64. The lowest BCUT2D eigenvalue weighted by Crippen LogP contribution is -2.60. The van der Waals surface area contributed by atoms with Gasteiger partial charge in [0, 0.05) is 12.2 Å². The molecule has 35 heavy (non-hydrogen) atoms. The minimum Gasteiger partial charge on any atom is -0.433 e. The first kappa shape index (κ1) is 25.1. The molecule has 0 aliphatic carbocycles. The Morgan fingerprint density at radius 1 is 1.26 bits per heavy atom. The molecule has 4 rings (SSSR count). The topological polar surface area (TPSA) is 120 Å². The van der Waals surface area contributed by atoms with Crippen LogP contribution in [-0.4, -0.2) is 48.9 Å². The standard InChI is InChI=1S/C23H26F3N5O3S/c1-22(2)20(27)31-23(3,18-5-4-10-29-35(18,22)33)19-15(24)8-6-13(30-19)11-17(32)16-9-7-14(12-28-16)34-21(25)26/h6-9,12,18,21H,4-5,10-11H2,1-3H3,(H2,27,31)/t18-,23-,35+/m0/s1. The summed E-state index contributed by atoms with van der Waals surface area (Å²) in [4.78, 5) is 25.6. The van der Waals surface area contributed by atoms with E-state index in [2.05, 4.69) is 24.1 Å². The normalized spacial score (nSPS) is 27.5. The van der Waals surface area contributed by atoms with Crippen LogP contribution >= 0.6 is 0 Å². The fourth-order valence-corrected chi connectivity index (χ4v) is 7.79. The summed E-state index contributed by atoms with van der Waals surface area (Å²) in [5, 5.41) is -0.608. The van der Waals surface area contributed by atoms with E-state index in [-0.39, 0.29) is 35.1 Å². The number of ketones is 1. The average molecular weight is 510 g/mol. The van der Waals surface area contributed by atoms with Crippen molar-refractivity contribution in [2.45, 2.75) is 62.2 Å². The SMILES string of the molecule is CC1(C)C(N)=N[C@](C)(c2nc(CC(=O)c3ccc(OC(F)F)cn3)ccc2F)[C@@H]2CCCN=[S@@]21=O. The molecule has 0 fully saturated rings. The van der Waals surface area contributed by atoms with Gasteiger partial charge in [-0.3, -0.25) is 14.8 Å². The van der Waals surface area contributed by atoms with Crippen LogP contribution in [0.25, 0.3) is 0 Å². The summed E-state index contributed by atoms with van der Waals surface area (Å²) in [6.45, 7) is 2.55. The van der Waals surface area contributed by atoms with Crippen molar-refractivity contribution in [2.75, 3.05) is 6.54 Å². The van der Waals surface area contributed by atoms with Crippen molar-refractivity contribution >= 4 is 21.3 Å². The Kier molecular flexibility index (Phi) is 6.37. The molecule has 0 bridgehead atoms. The maximum atomic E-state index is 15.1. The second kappa shape index (κ2) is 8.89. The number of halogens is 3. The summed E-state index contributed by atoms with van der Waals surface area (Å²) in [6.07, 6.45) is 1.99. The second-order valence-electron chi connectivity index (χ2n) is 9.20. The maximum absolute atomic E-state index is 15.1. The van der Waals surface area contributed by atoms with Gasteiger partial charge in [0.25, 0.3) is 0 Å². The van der Waals surface area contributed by atoms with E-state index < -0.39 is 43.5 Å². The largest absolute Gasteiger partial charge is 0.433 e. The highest BCUT2D eigenvalue weighted by Crippen LogP contribution is 2.46. The number of pyridine rings is 2. The van der Waals surface area contributed by atoms with Gasteiger partial charge in [-0.1, -0.05) is 0 Å². The molecule has 8 nitrogen and oxygen atoms in total. The highest BCUT2D eigenvalue weighted by atomic mass is 32.2. The van der Waals surface area contributed by atoms with Gasteiger partial charge in [0.2, 0.25) is 0 Å². The van der Waals surface area contributed by atoms with Gasteiger partial charge in [0.15, 0.2) is 5.78 Å². The molecule has 2 aromatic heterocycles. The molecular formula is C23H26F3N5O3S. The Hall–Kier alpha value is -3.02. The van der Waals surface area contributed by atoms with E-state index in [0.717, 1.165) is 6.20 Å². The van der Waals surface area contributed by atoms with Crippen LogP contribution in [0, 0.1) is 5.82 Å². The number of alkyl halides is 2. The van der Waals surface area contributed by atoms with Crippen molar-refractivity contribution in [2.24, 2.45) is 15.1 Å². The van der Waals surface area contributed by atoms with Crippen molar-refractivity contribution in [1.29, 1.82) is 0 Å². The van der Waals surface area contributed by atoms with E-state index in [1.165, 1.54) is 24.3 Å². The Labute approximate surface area is 201 Å². The fourth-order valence-electron chi connectivity index (χ4n) is 4.56. The highest BCUT2D eigenvalue weighted by Gasteiger charge is 2.56. The molecule has 0 saturated heterocycles. The molecule has 0 radical (unpaired) electrons. The van der Waals surface area contributed by atoms with Gasteiger partial charge in [0.05, 0.1) is 27.6 Å². The lowest BCUT2D eigenvalue weighted by Gasteiger charge is -2.47. The first-order valence-corrected chi connectivity index (χ1v) is 12.6. The van der Waals surface area contributed by atoms with Gasteiger partial charge in [-0.15, -0.1) is 0 Å². The molecule has 0 aromatic carbocycles. The number of hydrogen-bond acceptors (Lipinski definition) is 8. The highest BCUT2D eigenvalue weighted by molar-refractivity contribution is 7.96. The molecule has 0 amide bonds. The van der Waals surface area contributed by atoms with E-state index in [0.29, 0.717) is 19.4 Å². The number of hydrogen-bond donors (Lipinski definition) is 1. The van der Waals surface area contributed by atoms with Crippen molar-refractivity contribution in [3.05, 3.63) is 53.4 Å². The number of aliphatic imine (C=N–C) groups is 1. The summed E-state index contributed by atoms with van der Waals surface area (Å²) >= 11 is 0. The lowest BCUT2D eigenvalue weighted by molar-refractivity contribution is -0.0500. The zero-order valence-electron chi connectivity index (χ0n) is 19.5. The molecule has 2 aliphatic heterocycles. The monoisotopic (exact) mass is 509 g/mol. The van der Waals surface area contributed by atoms with E-state index in [1.54, 1.807) is 20.8 Å². The third kappa shape index (κ3) is 4.28. The second-order valence-corrected chi connectivity index (χ2v) is 12.2. The number of ether oxygens (including phenoxy) is 1. The number of carbonyl (C=O) groups excluding carboxylic acids is 1. The smallest absolute Gasteiger partial charge is 0.387 e. The summed E-state index contributed by atoms with van der Waals surface area (Å²) in [6, 6.07) is 5.04. The van der Waals surface area contributed by atoms with Gasteiger partial charge in [-0.05, 0) is 57.9 Å². The Morgan fingerprint density at radius 3 is 2.66 bits per heavy atom. The van der Waals surface area contributed by atoms with Crippen LogP contribution in [0.4, 0.5) is 13.2 Å². The first-order valence-electron chi connectivity index (χ1n) is 11.1. The number of amidine groups is 1. The van der Waals surface area contributed by atoms with Crippen LogP contribution in [0.3, 0.4) is 0 Å². The van der Waals surface area contributed by atoms with Crippen LogP contribution in [0.1, 0.15) is 55.5 Å². The minimum atomic E-state index is -3.00. The Balaban J connectivity index is 1.69. The summed E-state index contributed by atoms with van der Waals surface area (Å²) in [7, 11) is -2.90. The minimum absolute atomic E-state index is 0.0151. The van der Waals surface area contributed by atoms with Gasteiger partial charge in [-0.25, -0.2) is 17.9 Å². The number of fused-ring (bicyclic) bond motifs is 1. The summed E-state index contributed by atoms with van der Waals surface area (Å²) in [5.41, 5.74) is 5.12. The molecule has 12 heteroatoms. The van der Waals surface area contributed by atoms with Gasteiger partial charge >= 0.3 is 6.61 Å². The molecule has 0 spiro atoms. The van der Waals surface area contributed by atoms with E-state index >= 15 is 4.39 Å². The molecule has 0 unspecified atom stereocenters. The third-order valence-corrected chi connectivity index (χ3v) is 10.3. The Morgan fingerprint density at radius 2 is 2.00 bits per heavy atom. The number of nitrogens with zero attached hydrogens (tertiary/aromatic N) is 4. The molecule has 2 aliphatic rings. The molecule has 4 heterocycles. The fraction of sp³-hybridized carbons (Fsp3) is 0.478. The van der Waals surface area contributed by atoms with Crippen LogP contribution in [-0.2, 0) is 21.7 Å². The first-order chi connectivity index (χ1) is 16.4. The molecule has 188 valence electrons. The average Bonchev–Trinajstić information content (AvgIpc) is 2.79. The number of carbonyl (C=O) groups is 1. The molecule has 3 atom stereocenters.